The summed E-state index contributed by atoms with van der Waals surface area (Å²) in [5, 5.41) is 13.6. The van der Waals surface area contributed by atoms with Gasteiger partial charge in [0.15, 0.2) is 0 Å². The Bertz CT molecular complexity index is 355. The van der Waals surface area contributed by atoms with E-state index in [9.17, 15) is 5.11 Å². The number of hydrogen-bond acceptors (Lipinski definition) is 3. The minimum Gasteiger partial charge on any atom is -0.388 e. The first-order chi connectivity index (χ1) is 8.66. The van der Waals surface area contributed by atoms with Gasteiger partial charge < -0.3 is 15.2 Å². The number of aliphatic hydroxyl groups is 1. The summed E-state index contributed by atoms with van der Waals surface area (Å²) < 4.78 is 5.40. The Balaban J connectivity index is 1.93. The maximum atomic E-state index is 10.2. The lowest BCUT2D eigenvalue weighted by Crippen LogP contribution is -2.42. The maximum Gasteiger partial charge on any atom is 0.0805 e. The molecule has 2 atom stereocenters. The molecule has 0 bridgehead atoms. The van der Waals surface area contributed by atoms with Gasteiger partial charge in [-0.15, -0.1) is 0 Å². The molecule has 0 spiro atoms. The predicted molar refractivity (Wildman–Crippen MR) is 72.7 cm³/mol. The zero-order valence-electron chi connectivity index (χ0n) is 11.2. The molecule has 0 amide bonds. The molecule has 2 unspecified atom stereocenters. The highest BCUT2D eigenvalue weighted by Gasteiger charge is 2.18. The van der Waals surface area contributed by atoms with Gasteiger partial charge in [-0.3, -0.25) is 0 Å². The van der Waals surface area contributed by atoms with Crippen LogP contribution in [0.2, 0.25) is 0 Å². The minimum absolute atomic E-state index is 0.263. The molecular formula is C15H23NO2. The molecule has 1 saturated heterocycles. The van der Waals surface area contributed by atoms with Crippen LogP contribution in [0, 0.1) is 0 Å². The SMILES string of the molecule is CC(C)c1ccc(C(O)CC2COCCN2)cc1. The molecule has 18 heavy (non-hydrogen) atoms. The van der Waals surface area contributed by atoms with Gasteiger partial charge in [0, 0.05) is 12.6 Å². The monoisotopic (exact) mass is 249 g/mol. The molecule has 1 aliphatic rings. The van der Waals surface area contributed by atoms with E-state index in [0.717, 1.165) is 18.7 Å². The highest BCUT2D eigenvalue weighted by molar-refractivity contribution is 5.26. The molecule has 0 saturated carbocycles. The zero-order valence-corrected chi connectivity index (χ0v) is 11.2. The minimum atomic E-state index is -0.412. The third-order valence-corrected chi connectivity index (χ3v) is 3.49. The van der Waals surface area contributed by atoms with E-state index in [1.54, 1.807) is 0 Å². The molecule has 1 aromatic carbocycles. The second kappa shape index (κ2) is 6.32. The first-order valence-electron chi connectivity index (χ1n) is 6.76. The average Bonchev–Trinajstić information content (AvgIpc) is 2.40. The van der Waals surface area contributed by atoms with E-state index in [-0.39, 0.29) is 6.04 Å². The largest absolute Gasteiger partial charge is 0.388 e. The summed E-state index contributed by atoms with van der Waals surface area (Å²) in [6.45, 7) is 6.70. The fourth-order valence-corrected chi connectivity index (χ4v) is 2.28. The number of nitrogens with one attached hydrogen (secondary N) is 1. The molecular weight excluding hydrogens is 226 g/mol. The lowest BCUT2D eigenvalue weighted by molar-refractivity contribution is 0.0519. The molecule has 2 N–H and O–H groups in total. The van der Waals surface area contributed by atoms with E-state index in [2.05, 4.69) is 31.3 Å². The molecule has 2 rings (SSSR count). The molecule has 1 fully saturated rings. The van der Waals surface area contributed by atoms with Gasteiger partial charge in [0.2, 0.25) is 0 Å². The summed E-state index contributed by atoms with van der Waals surface area (Å²) in [4.78, 5) is 0. The highest BCUT2D eigenvalue weighted by Crippen LogP contribution is 2.22. The highest BCUT2D eigenvalue weighted by atomic mass is 16.5. The molecule has 0 aliphatic carbocycles. The Morgan fingerprint density at radius 1 is 1.28 bits per heavy atom. The standard InChI is InChI=1S/C15H23NO2/c1-11(2)12-3-5-13(6-4-12)15(17)9-14-10-18-8-7-16-14/h3-6,11,14-17H,7-10H2,1-2H3. The van der Waals surface area contributed by atoms with Crippen LogP contribution in [0.1, 0.15) is 43.4 Å². The Labute approximate surface area is 109 Å². The van der Waals surface area contributed by atoms with Crippen molar-refractivity contribution in [2.24, 2.45) is 0 Å². The number of ether oxygens (including phenoxy) is 1. The van der Waals surface area contributed by atoms with E-state index >= 15 is 0 Å². The smallest absolute Gasteiger partial charge is 0.0805 e. The van der Waals surface area contributed by atoms with Crippen LogP contribution in [-0.2, 0) is 4.74 Å². The lowest BCUT2D eigenvalue weighted by atomic mass is 9.97. The molecule has 0 aromatic heterocycles. The molecule has 1 heterocycles. The van der Waals surface area contributed by atoms with Crippen LogP contribution in [0.5, 0.6) is 0 Å². The summed E-state index contributed by atoms with van der Waals surface area (Å²) >= 11 is 0. The summed E-state index contributed by atoms with van der Waals surface area (Å²) in [6, 6.07) is 8.54. The van der Waals surface area contributed by atoms with Gasteiger partial charge in [-0.1, -0.05) is 38.1 Å². The van der Waals surface area contributed by atoms with E-state index < -0.39 is 6.10 Å². The van der Waals surface area contributed by atoms with Gasteiger partial charge in [-0.25, -0.2) is 0 Å². The molecule has 1 aliphatic heterocycles. The number of benzene rings is 1. The third kappa shape index (κ3) is 3.55. The van der Waals surface area contributed by atoms with Crippen molar-refractivity contribution in [3.05, 3.63) is 35.4 Å². The first kappa shape index (κ1) is 13.5. The summed E-state index contributed by atoms with van der Waals surface area (Å²) in [5.74, 6) is 0.532. The van der Waals surface area contributed by atoms with Crippen molar-refractivity contribution in [3.63, 3.8) is 0 Å². The summed E-state index contributed by atoms with van der Waals surface area (Å²) in [6.07, 6.45) is 0.298. The van der Waals surface area contributed by atoms with Crippen LogP contribution in [0.3, 0.4) is 0 Å². The maximum absolute atomic E-state index is 10.2. The first-order valence-corrected chi connectivity index (χ1v) is 6.76. The number of hydrogen-bond donors (Lipinski definition) is 2. The zero-order chi connectivity index (χ0) is 13.0. The van der Waals surface area contributed by atoms with Gasteiger partial charge in [0.05, 0.1) is 19.3 Å². The van der Waals surface area contributed by atoms with Crippen molar-refractivity contribution >= 4 is 0 Å². The van der Waals surface area contributed by atoms with Crippen LogP contribution in [0.4, 0.5) is 0 Å². The molecule has 3 nitrogen and oxygen atoms in total. The second-order valence-corrected chi connectivity index (χ2v) is 5.30. The van der Waals surface area contributed by atoms with Gasteiger partial charge in [0.1, 0.15) is 0 Å². The van der Waals surface area contributed by atoms with Crippen LogP contribution in [0.25, 0.3) is 0 Å². The quantitative estimate of drug-likeness (QED) is 0.859. The van der Waals surface area contributed by atoms with E-state index in [1.165, 1.54) is 5.56 Å². The van der Waals surface area contributed by atoms with Crippen molar-refractivity contribution in [1.82, 2.24) is 5.32 Å². The van der Waals surface area contributed by atoms with Crippen LogP contribution >= 0.6 is 0 Å². The van der Waals surface area contributed by atoms with E-state index in [4.69, 9.17) is 4.74 Å². The van der Waals surface area contributed by atoms with Gasteiger partial charge >= 0.3 is 0 Å². The predicted octanol–water partition coefficient (Wildman–Crippen LogP) is 2.22. The third-order valence-electron chi connectivity index (χ3n) is 3.49. The number of morpholine rings is 1. The number of rotatable bonds is 4. The molecule has 100 valence electrons. The normalized spacial score (nSPS) is 22.1. The summed E-state index contributed by atoms with van der Waals surface area (Å²) in [5.41, 5.74) is 2.30. The van der Waals surface area contributed by atoms with Gasteiger partial charge in [-0.05, 0) is 23.5 Å². The average molecular weight is 249 g/mol. The lowest BCUT2D eigenvalue weighted by Gasteiger charge is -2.26. The Hall–Kier alpha value is -0.900. The van der Waals surface area contributed by atoms with Crippen molar-refractivity contribution in [3.8, 4) is 0 Å². The van der Waals surface area contributed by atoms with Crippen LogP contribution < -0.4 is 5.32 Å². The van der Waals surface area contributed by atoms with Crippen molar-refractivity contribution < 1.29 is 9.84 Å². The van der Waals surface area contributed by atoms with Crippen LogP contribution in [0.15, 0.2) is 24.3 Å². The van der Waals surface area contributed by atoms with Crippen molar-refractivity contribution in [2.75, 3.05) is 19.8 Å². The van der Waals surface area contributed by atoms with Crippen LogP contribution in [-0.4, -0.2) is 30.9 Å². The Kier molecular flexibility index (Phi) is 4.75. The Morgan fingerprint density at radius 3 is 2.50 bits per heavy atom. The topological polar surface area (TPSA) is 41.5 Å². The second-order valence-electron chi connectivity index (χ2n) is 5.30. The van der Waals surface area contributed by atoms with E-state index in [0.29, 0.717) is 18.9 Å². The van der Waals surface area contributed by atoms with Gasteiger partial charge in [-0.2, -0.15) is 0 Å². The van der Waals surface area contributed by atoms with E-state index in [1.807, 2.05) is 12.1 Å². The fourth-order valence-electron chi connectivity index (χ4n) is 2.28. The number of aliphatic hydroxyl groups excluding tert-OH is 1. The Morgan fingerprint density at radius 2 is 1.94 bits per heavy atom. The van der Waals surface area contributed by atoms with Crippen molar-refractivity contribution in [2.45, 2.75) is 38.3 Å². The summed E-state index contributed by atoms with van der Waals surface area (Å²) in [7, 11) is 0. The fraction of sp³-hybridized carbons (Fsp3) is 0.600. The van der Waals surface area contributed by atoms with Gasteiger partial charge in [0.25, 0.3) is 0 Å². The molecule has 1 aromatic rings. The van der Waals surface area contributed by atoms with Crippen molar-refractivity contribution in [1.29, 1.82) is 0 Å². The molecule has 0 radical (unpaired) electrons. The molecule has 3 heteroatoms.